The van der Waals surface area contributed by atoms with Crippen LogP contribution in [-0.4, -0.2) is 4.98 Å². The van der Waals surface area contributed by atoms with Crippen LogP contribution < -0.4 is 4.74 Å². The van der Waals surface area contributed by atoms with Crippen molar-refractivity contribution in [3.63, 3.8) is 0 Å². The van der Waals surface area contributed by atoms with Gasteiger partial charge in [0.1, 0.15) is 11.8 Å². The molecule has 0 fully saturated rings. The maximum atomic E-state index is 8.85. The van der Waals surface area contributed by atoms with Crippen molar-refractivity contribution in [2.75, 3.05) is 0 Å². The monoisotopic (exact) mass is 196 g/mol. The summed E-state index contributed by atoms with van der Waals surface area (Å²) in [6.07, 6.45) is 1.78. The van der Waals surface area contributed by atoms with Crippen LogP contribution in [0.15, 0.2) is 24.0 Å². The van der Waals surface area contributed by atoms with Gasteiger partial charge in [-0.3, -0.25) is 0 Å². The molecule has 2 heterocycles. The number of ether oxygens (including phenoxy) is 1. The number of allylic oxidation sites excluding steroid dienone is 1. The van der Waals surface area contributed by atoms with Crippen LogP contribution in [0.2, 0.25) is 0 Å². The number of aryl methyl sites for hydroxylation is 1. The minimum absolute atomic E-state index is 0.345. The first-order chi connectivity index (χ1) is 7.29. The fourth-order valence-corrected chi connectivity index (χ4v) is 1.97. The van der Waals surface area contributed by atoms with Gasteiger partial charge < -0.3 is 9.72 Å². The van der Waals surface area contributed by atoms with Gasteiger partial charge in [0.2, 0.25) is 5.76 Å². The molecule has 1 N–H and O–H groups in total. The van der Waals surface area contributed by atoms with Crippen molar-refractivity contribution in [3.8, 4) is 11.8 Å². The number of H-pyrrole nitrogens is 1. The van der Waals surface area contributed by atoms with E-state index in [0.717, 1.165) is 27.9 Å². The lowest BCUT2D eigenvalue weighted by Gasteiger charge is -2.10. The van der Waals surface area contributed by atoms with Crippen molar-refractivity contribution < 1.29 is 4.74 Å². The van der Waals surface area contributed by atoms with Crippen LogP contribution in [0.3, 0.4) is 0 Å². The summed E-state index contributed by atoms with van der Waals surface area (Å²) < 4.78 is 5.45. The number of nitriles is 1. The number of nitrogens with zero attached hydrogens (tertiary/aromatic N) is 1. The molecule has 0 atom stereocenters. The minimum Gasteiger partial charge on any atom is -0.445 e. The molecule has 0 bridgehead atoms. The van der Waals surface area contributed by atoms with Gasteiger partial charge in [-0.25, -0.2) is 0 Å². The normalized spacial score (nSPS) is 13.2. The summed E-state index contributed by atoms with van der Waals surface area (Å²) in [4.78, 5) is 3.27. The number of aromatic amines is 1. The van der Waals surface area contributed by atoms with Crippen molar-refractivity contribution in [1.29, 1.82) is 5.26 Å². The lowest BCUT2D eigenvalue weighted by Crippen LogP contribution is -1.97. The molecule has 1 aromatic heterocycles. The number of hydrogen-bond acceptors (Lipinski definition) is 2. The first kappa shape index (κ1) is 8.13. The molecule has 15 heavy (non-hydrogen) atoms. The number of aromatic nitrogens is 1. The van der Waals surface area contributed by atoms with Crippen molar-refractivity contribution in [2.45, 2.75) is 6.92 Å². The molecular formula is C12H8N2O. The predicted octanol–water partition coefficient (Wildman–Crippen LogP) is 2.73. The first-order valence-corrected chi connectivity index (χ1v) is 4.70. The highest BCUT2D eigenvalue weighted by Crippen LogP contribution is 2.36. The minimum atomic E-state index is 0.345. The molecule has 1 aromatic carbocycles. The summed E-state index contributed by atoms with van der Waals surface area (Å²) >= 11 is 0. The second-order valence-corrected chi connectivity index (χ2v) is 3.56. The Labute approximate surface area is 86.6 Å². The van der Waals surface area contributed by atoms with E-state index in [4.69, 9.17) is 10.00 Å². The van der Waals surface area contributed by atoms with Gasteiger partial charge in [-0.15, -0.1) is 0 Å². The standard InChI is InChI=1S/C12H8N2O/c1-7-9-5-8(6-13)15-11-4-2-3-10(14-7)12(9)11/h2-5,14H,1H3. The van der Waals surface area contributed by atoms with Gasteiger partial charge in [-0.1, -0.05) is 6.07 Å². The quantitative estimate of drug-likeness (QED) is 0.704. The second kappa shape index (κ2) is 2.64. The van der Waals surface area contributed by atoms with E-state index < -0.39 is 0 Å². The number of nitrogens with one attached hydrogen (secondary N) is 1. The molecule has 0 saturated carbocycles. The van der Waals surface area contributed by atoms with E-state index in [1.807, 2.05) is 31.2 Å². The third kappa shape index (κ3) is 0.990. The van der Waals surface area contributed by atoms with Gasteiger partial charge in [0, 0.05) is 28.2 Å². The van der Waals surface area contributed by atoms with Crippen LogP contribution >= 0.6 is 0 Å². The smallest absolute Gasteiger partial charge is 0.204 e. The Morgan fingerprint density at radius 2 is 2.27 bits per heavy atom. The van der Waals surface area contributed by atoms with Crippen LogP contribution in [0.1, 0.15) is 11.3 Å². The van der Waals surface area contributed by atoms with Crippen LogP contribution in [-0.2, 0) is 0 Å². The molecule has 3 rings (SSSR count). The zero-order valence-corrected chi connectivity index (χ0v) is 8.16. The Morgan fingerprint density at radius 1 is 1.40 bits per heavy atom. The Bertz CT molecular complexity index is 629. The van der Waals surface area contributed by atoms with Crippen molar-refractivity contribution in [2.24, 2.45) is 0 Å². The molecule has 0 aliphatic carbocycles. The molecule has 0 radical (unpaired) electrons. The van der Waals surface area contributed by atoms with Crippen molar-refractivity contribution in [1.82, 2.24) is 4.98 Å². The van der Waals surface area contributed by atoms with Gasteiger partial charge in [0.25, 0.3) is 0 Å². The van der Waals surface area contributed by atoms with Crippen molar-refractivity contribution in [3.05, 3.63) is 35.2 Å². The van der Waals surface area contributed by atoms with E-state index in [1.165, 1.54) is 0 Å². The maximum absolute atomic E-state index is 8.85. The highest BCUT2D eigenvalue weighted by Gasteiger charge is 2.17. The molecule has 72 valence electrons. The lowest BCUT2D eigenvalue weighted by atomic mass is 10.1. The summed E-state index contributed by atoms with van der Waals surface area (Å²) in [5.74, 6) is 1.10. The van der Waals surface area contributed by atoms with Gasteiger partial charge in [0.15, 0.2) is 0 Å². The highest BCUT2D eigenvalue weighted by atomic mass is 16.5. The lowest BCUT2D eigenvalue weighted by molar-refractivity contribution is 0.455. The topological polar surface area (TPSA) is 48.8 Å². The van der Waals surface area contributed by atoms with Gasteiger partial charge in [-0.2, -0.15) is 5.26 Å². The number of rotatable bonds is 0. The summed E-state index contributed by atoms with van der Waals surface area (Å²) in [5.41, 5.74) is 3.17. The van der Waals surface area contributed by atoms with Crippen LogP contribution in [0, 0.1) is 18.3 Å². The van der Waals surface area contributed by atoms with Gasteiger partial charge in [0.05, 0.1) is 0 Å². The fourth-order valence-electron chi connectivity index (χ4n) is 1.97. The number of benzene rings is 1. The Balaban J connectivity index is 2.46. The summed E-state index contributed by atoms with van der Waals surface area (Å²) in [6.45, 7) is 2.00. The predicted molar refractivity (Wildman–Crippen MR) is 57.3 cm³/mol. The third-order valence-electron chi connectivity index (χ3n) is 2.63. The average Bonchev–Trinajstić information content (AvgIpc) is 2.58. The second-order valence-electron chi connectivity index (χ2n) is 3.56. The van der Waals surface area contributed by atoms with Crippen molar-refractivity contribution >= 4 is 17.0 Å². The van der Waals surface area contributed by atoms with E-state index in [9.17, 15) is 0 Å². The molecule has 1 aliphatic heterocycles. The molecule has 1 aliphatic rings. The molecule has 0 unspecified atom stereocenters. The summed E-state index contributed by atoms with van der Waals surface area (Å²) in [6, 6.07) is 7.83. The van der Waals surface area contributed by atoms with Crippen LogP contribution in [0.4, 0.5) is 0 Å². The molecular weight excluding hydrogens is 188 g/mol. The van der Waals surface area contributed by atoms with E-state index in [-0.39, 0.29) is 0 Å². The Kier molecular flexibility index (Phi) is 1.43. The Morgan fingerprint density at radius 3 is 3.07 bits per heavy atom. The van der Waals surface area contributed by atoms with Gasteiger partial charge >= 0.3 is 0 Å². The average molecular weight is 196 g/mol. The highest BCUT2D eigenvalue weighted by molar-refractivity contribution is 5.97. The SMILES string of the molecule is Cc1[nH]c2cccc3c2c1C=C(C#N)O3. The summed E-state index contributed by atoms with van der Waals surface area (Å²) in [5, 5.41) is 9.91. The molecule has 3 heteroatoms. The maximum Gasteiger partial charge on any atom is 0.204 e. The third-order valence-corrected chi connectivity index (χ3v) is 2.63. The molecule has 3 nitrogen and oxygen atoms in total. The van der Waals surface area contributed by atoms with E-state index in [0.29, 0.717) is 5.76 Å². The van der Waals surface area contributed by atoms with E-state index in [1.54, 1.807) is 6.08 Å². The first-order valence-electron chi connectivity index (χ1n) is 4.70. The van der Waals surface area contributed by atoms with Crippen LogP contribution in [0.25, 0.3) is 17.0 Å². The largest absolute Gasteiger partial charge is 0.445 e. The molecule has 0 spiro atoms. The fraction of sp³-hybridized carbons (Fsp3) is 0.0833. The summed E-state index contributed by atoms with van der Waals surface area (Å²) in [7, 11) is 0. The van der Waals surface area contributed by atoms with E-state index in [2.05, 4.69) is 4.98 Å². The van der Waals surface area contributed by atoms with Crippen LogP contribution in [0.5, 0.6) is 5.75 Å². The molecule has 0 amide bonds. The molecule has 2 aromatic rings. The number of hydrogen-bond donors (Lipinski definition) is 1. The van der Waals surface area contributed by atoms with Gasteiger partial charge in [-0.05, 0) is 19.1 Å². The molecule has 0 saturated heterocycles. The van der Waals surface area contributed by atoms with E-state index >= 15 is 0 Å². The Hall–Kier alpha value is -2.21. The zero-order chi connectivity index (χ0) is 10.4. The zero-order valence-electron chi connectivity index (χ0n) is 8.16.